The van der Waals surface area contributed by atoms with Crippen LogP contribution in [0.25, 0.3) is 0 Å². The maximum atomic E-state index is 12.5. The highest BCUT2D eigenvalue weighted by molar-refractivity contribution is 6.30. The second-order valence-corrected chi connectivity index (χ2v) is 6.28. The molecule has 1 aromatic heterocycles. The van der Waals surface area contributed by atoms with E-state index >= 15 is 0 Å². The maximum absolute atomic E-state index is 12.5. The Bertz CT molecular complexity index is 945. The average Bonchev–Trinajstić information content (AvgIpc) is 2.67. The van der Waals surface area contributed by atoms with Crippen molar-refractivity contribution in [3.63, 3.8) is 0 Å². The maximum Gasteiger partial charge on any atom is 0.270 e. The van der Waals surface area contributed by atoms with E-state index < -0.39 is 0 Å². The Morgan fingerprint density at radius 1 is 1.11 bits per heavy atom. The van der Waals surface area contributed by atoms with E-state index in [2.05, 4.69) is 20.6 Å². The average molecular weight is 383 g/mol. The number of nitrogens with one attached hydrogen (secondary N) is 2. The van der Waals surface area contributed by atoms with E-state index in [1.807, 2.05) is 43.3 Å². The quantitative estimate of drug-likeness (QED) is 0.670. The second kappa shape index (κ2) is 8.51. The molecule has 0 bridgehead atoms. The van der Waals surface area contributed by atoms with Gasteiger partial charge in [-0.05, 0) is 43.3 Å². The molecule has 0 aliphatic rings. The zero-order valence-electron chi connectivity index (χ0n) is 15.0. The summed E-state index contributed by atoms with van der Waals surface area (Å²) in [4.78, 5) is 21.2. The van der Waals surface area contributed by atoms with Crippen LogP contribution in [0.1, 0.15) is 21.7 Å². The number of hydrogen-bond acceptors (Lipinski definition) is 5. The van der Waals surface area contributed by atoms with Gasteiger partial charge in [-0.25, -0.2) is 9.97 Å². The number of para-hydroxylation sites is 1. The molecule has 0 atom stereocenters. The van der Waals surface area contributed by atoms with E-state index in [4.69, 9.17) is 16.3 Å². The summed E-state index contributed by atoms with van der Waals surface area (Å²) in [5.41, 5.74) is 2.64. The van der Waals surface area contributed by atoms with Gasteiger partial charge in [-0.2, -0.15) is 0 Å². The Morgan fingerprint density at radius 2 is 1.85 bits per heavy atom. The van der Waals surface area contributed by atoms with Gasteiger partial charge in [0.2, 0.25) is 5.95 Å². The number of nitrogens with zero attached hydrogens (tertiary/aromatic N) is 2. The highest BCUT2D eigenvalue weighted by atomic mass is 35.5. The van der Waals surface area contributed by atoms with Gasteiger partial charge in [0.1, 0.15) is 11.4 Å². The lowest BCUT2D eigenvalue weighted by atomic mass is 10.2. The van der Waals surface area contributed by atoms with Crippen LogP contribution in [0.4, 0.5) is 11.6 Å². The fourth-order valence-corrected chi connectivity index (χ4v) is 2.64. The van der Waals surface area contributed by atoms with Crippen molar-refractivity contribution in [2.24, 2.45) is 0 Å². The Morgan fingerprint density at radius 3 is 2.59 bits per heavy atom. The lowest BCUT2D eigenvalue weighted by Gasteiger charge is -2.11. The summed E-state index contributed by atoms with van der Waals surface area (Å²) in [5.74, 6) is 0.784. The zero-order chi connectivity index (χ0) is 19.2. The SMILES string of the molecule is COc1ccccc1CNC(=O)c1cc(C)nc(Nc2ccc(Cl)cc2)n1. The number of anilines is 2. The third-order valence-corrected chi connectivity index (χ3v) is 4.07. The summed E-state index contributed by atoms with van der Waals surface area (Å²) in [6.45, 7) is 2.15. The molecule has 27 heavy (non-hydrogen) atoms. The van der Waals surface area contributed by atoms with Gasteiger partial charge in [0, 0.05) is 28.5 Å². The Hall–Kier alpha value is -3.12. The summed E-state index contributed by atoms with van der Waals surface area (Å²) in [7, 11) is 1.60. The number of hydrogen-bond donors (Lipinski definition) is 2. The van der Waals surface area contributed by atoms with Crippen LogP contribution in [0.15, 0.2) is 54.6 Å². The lowest BCUT2D eigenvalue weighted by Crippen LogP contribution is -2.24. The molecular weight excluding hydrogens is 364 g/mol. The van der Waals surface area contributed by atoms with E-state index in [0.717, 1.165) is 17.0 Å². The molecule has 0 spiro atoms. The highest BCUT2D eigenvalue weighted by Crippen LogP contribution is 2.18. The molecule has 2 aromatic carbocycles. The number of rotatable bonds is 6. The molecule has 7 heteroatoms. The van der Waals surface area contributed by atoms with E-state index in [1.54, 1.807) is 25.3 Å². The van der Waals surface area contributed by atoms with Crippen LogP contribution in [-0.4, -0.2) is 23.0 Å². The first-order valence-electron chi connectivity index (χ1n) is 8.33. The molecule has 1 amide bonds. The van der Waals surface area contributed by atoms with Crippen LogP contribution in [0.3, 0.4) is 0 Å². The minimum Gasteiger partial charge on any atom is -0.496 e. The van der Waals surface area contributed by atoms with Crippen molar-refractivity contribution in [3.05, 3.63) is 76.6 Å². The number of aryl methyl sites for hydroxylation is 1. The van der Waals surface area contributed by atoms with E-state index in [9.17, 15) is 4.79 Å². The lowest BCUT2D eigenvalue weighted by molar-refractivity contribution is 0.0945. The molecule has 1 heterocycles. The number of benzene rings is 2. The van der Waals surface area contributed by atoms with Crippen LogP contribution in [0.5, 0.6) is 5.75 Å². The topological polar surface area (TPSA) is 76.1 Å². The second-order valence-electron chi connectivity index (χ2n) is 5.84. The molecule has 0 radical (unpaired) electrons. The summed E-state index contributed by atoms with van der Waals surface area (Å²) in [5, 5.41) is 6.58. The van der Waals surface area contributed by atoms with Crippen molar-refractivity contribution < 1.29 is 9.53 Å². The van der Waals surface area contributed by atoms with Crippen molar-refractivity contribution in [1.29, 1.82) is 0 Å². The van der Waals surface area contributed by atoms with E-state index in [-0.39, 0.29) is 11.6 Å². The van der Waals surface area contributed by atoms with Gasteiger partial charge < -0.3 is 15.4 Å². The fourth-order valence-electron chi connectivity index (χ4n) is 2.52. The van der Waals surface area contributed by atoms with Gasteiger partial charge in [0.15, 0.2) is 0 Å². The standard InChI is InChI=1S/C20H19ClN4O2/c1-13-11-17(19(26)22-12-14-5-3-4-6-18(14)27-2)25-20(23-13)24-16-9-7-15(21)8-10-16/h3-11H,12H2,1-2H3,(H,22,26)(H,23,24,25). The minimum atomic E-state index is -0.287. The molecule has 138 valence electrons. The van der Waals surface area contributed by atoms with Crippen molar-refractivity contribution in [1.82, 2.24) is 15.3 Å². The van der Waals surface area contributed by atoms with Crippen molar-refractivity contribution in [3.8, 4) is 5.75 Å². The van der Waals surface area contributed by atoms with E-state index in [1.165, 1.54) is 0 Å². The molecule has 0 fully saturated rings. The molecule has 2 N–H and O–H groups in total. The first-order chi connectivity index (χ1) is 13.0. The van der Waals surface area contributed by atoms with Gasteiger partial charge >= 0.3 is 0 Å². The number of amides is 1. The molecule has 3 rings (SSSR count). The third kappa shape index (κ3) is 4.95. The smallest absolute Gasteiger partial charge is 0.270 e. The monoisotopic (exact) mass is 382 g/mol. The fraction of sp³-hybridized carbons (Fsp3) is 0.150. The largest absolute Gasteiger partial charge is 0.496 e. The first kappa shape index (κ1) is 18.7. The highest BCUT2D eigenvalue weighted by Gasteiger charge is 2.12. The Kier molecular flexibility index (Phi) is 5.88. The number of carbonyl (C=O) groups is 1. The first-order valence-corrected chi connectivity index (χ1v) is 8.71. The van der Waals surface area contributed by atoms with Crippen LogP contribution in [-0.2, 0) is 6.54 Å². The van der Waals surface area contributed by atoms with Gasteiger partial charge in [-0.15, -0.1) is 0 Å². The van der Waals surface area contributed by atoms with Crippen molar-refractivity contribution in [2.75, 3.05) is 12.4 Å². The van der Waals surface area contributed by atoms with Gasteiger partial charge in [-0.1, -0.05) is 29.8 Å². The molecular formula is C20H19ClN4O2. The zero-order valence-corrected chi connectivity index (χ0v) is 15.7. The number of halogens is 1. The minimum absolute atomic E-state index is 0.286. The van der Waals surface area contributed by atoms with Crippen LogP contribution >= 0.6 is 11.6 Å². The molecule has 0 aliphatic heterocycles. The van der Waals surface area contributed by atoms with Crippen LogP contribution in [0.2, 0.25) is 5.02 Å². The summed E-state index contributed by atoms with van der Waals surface area (Å²) in [6.07, 6.45) is 0. The predicted octanol–water partition coefficient (Wildman–Crippen LogP) is 4.12. The predicted molar refractivity (Wildman–Crippen MR) is 106 cm³/mol. The molecule has 6 nitrogen and oxygen atoms in total. The molecule has 3 aromatic rings. The van der Waals surface area contributed by atoms with Gasteiger partial charge in [-0.3, -0.25) is 4.79 Å². The molecule has 0 saturated heterocycles. The summed E-state index contributed by atoms with van der Waals surface area (Å²) >= 11 is 5.89. The number of ether oxygens (including phenoxy) is 1. The van der Waals surface area contributed by atoms with E-state index in [0.29, 0.717) is 23.2 Å². The summed E-state index contributed by atoms with van der Waals surface area (Å²) in [6, 6.07) is 16.3. The van der Waals surface area contributed by atoms with Crippen LogP contribution < -0.4 is 15.4 Å². The van der Waals surface area contributed by atoms with Gasteiger partial charge in [0.25, 0.3) is 5.91 Å². The normalized spacial score (nSPS) is 10.3. The third-order valence-electron chi connectivity index (χ3n) is 3.82. The summed E-state index contributed by atoms with van der Waals surface area (Å²) < 4.78 is 5.30. The van der Waals surface area contributed by atoms with Gasteiger partial charge in [0.05, 0.1) is 7.11 Å². The van der Waals surface area contributed by atoms with Crippen molar-refractivity contribution in [2.45, 2.75) is 13.5 Å². The number of methoxy groups -OCH3 is 1. The number of aromatic nitrogens is 2. The molecule has 0 saturated carbocycles. The molecule has 0 unspecified atom stereocenters. The van der Waals surface area contributed by atoms with Crippen LogP contribution in [0, 0.1) is 6.92 Å². The Balaban J connectivity index is 1.73. The van der Waals surface area contributed by atoms with Crippen molar-refractivity contribution >= 4 is 29.1 Å². The molecule has 0 aliphatic carbocycles. The number of carbonyl (C=O) groups excluding carboxylic acids is 1. The Labute approximate surface area is 162 Å².